The molecule has 0 fully saturated rings. The van der Waals surface area contributed by atoms with Gasteiger partial charge in [-0.15, -0.1) is 10.2 Å². The molecule has 0 saturated heterocycles. The number of thioether (sulfide) groups is 1. The first-order chi connectivity index (χ1) is 12.2. The van der Waals surface area contributed by atoms with E-state index in [4.69, 9.17) is 5.21 Å². The molecule has 8 heteroatoms. The Hall–Kier alpha value is -2.65. The molecule has 0 saturated carbocycles. The molecule has 126 valence electrons. The lowest BCUT2D eigenvalue weighted by Crippen LogP contribution is -2.99. The maximum Gasteiger partial charge on any atom is 0.212 e. The van der Waals surface area contributed by atoms with E-state index in [0.29, 0.717) is 11.4 Å². The van der Waals surface area contributed by atoms with Gasteiger partial charge < -0.3 is 10.6 Å². The van der Waals surface area contributed by atoms with Gasteiger partial charge in [-0.1, -0.05) is 60.3 Å². The lowest BCUT2D eigenvalue weighted by molar-refractivity contribution is -0.991. The van der Waals surface area contributed by atoms with Crippen LogP contribution in [0.2, 0.25) is 0 Å². The predicted molar refractivity (Wildman–Crippen MR) is 95.7 cm³/mol. The van der Waals surface area contributed by atoms with Gasteiger partial charge in [0.1, 0.15) is 5.37 Å². The Bertz CT molecular complexity index is 910. The number of hydrogen-bond acceptors (Lipinski definition) is 6. The van der Waals surface area contributed by atoms with Gasteiger partial charge in [0, 0.05) is 17.7 Å². The summed E-state index contributed by atoms with van der Waals surface area (Å²) in [6, 6.07) is 16.7. The summed E-state index contributed by atoms with van der Waals surface area (Å²) in [6.07, 6.45) is 4.11. The number of hydrogen-bond donors (Lipinski definition) is 3. The van der Waals surface area contributed by atoms with Gasteiger partial charge in [0.25, 0.3) is 0 Å². The van der Waals surface area contributed by atoms with Crippen LogP contribution < -0.4 is 10.7 Å². The minimum absolute atomic E-state index is 0.0344. The molecule has 2 aromatic carbocycles. The van der Waals surface area contributed by atoms with Crippen LogP contribution in [0, 0.1) is 5.21 Å². The summed E-state index contributed by atoms with van der Waals surface area (Å²) in [7, 11) is 0. The molecular formula is C17H15N5O2S. The summed E-state index contributed by atoms with van der Waals surface area (Å²) in [6.45, 7) is 0. The van der Waals surface area contributed by atoms with E-state index in [0.717, 1.165) is 10.7 Å². The molecule has 0 amide bonds. The number of nitrogens with one attached hydrogen (secondary N) is 2. The third-order valence-electron chi connectivity index (χ3n) is 3.75. The maximum atomic E-state index is 11.2. The summed E-state index contributed by atoms with van der Waals surface area (Å²) < 4.78 is 1.80. The van der Waals surface area contributed by atoms with Crippen LogP contribution >= 0.6 is 11.8 Å². The molecule has 25 heavy (non-hydrogen) atoms. The normalized spacial score (nSPS) is 17.4. The number of aromatic nitrogens is 3. The topological polar surface area (TPSA) is 90.5 Å². The lowest BCUT2D eigenvalue weighted by Gasteiger charge is -2.12. The first-order valence-corrected chi connectivity index (χ1v) is 8.54. The minimum atomic E-state index is -0.964. The summed E-state index contributed by atoms with van der Waals surface area (Å²) in [5.74, 6) is 0.598. The number of rotatable bonds is 4. The van der Waals surface area contributed by atoms with Crippen molar-refractivity contribution in [1.82, 2.24) is 14.9 Å². The van der Waals surface area contributed by atoms with Gasteiger partial charge >= 0.3 is 0 Å². The van der Waals surface area contributed by atoms with Crippen molar-refractivity contribution in [3.05, 3.63) is 71.4 Å². The van der Waals surface area contributed by atoms with E-state index >= 15 is 0 Å². The largest absolute Gasteiger partial charge is 0.595 e. The van der Waals surface area contributed by atoms with Crippen LogP contribution in [0.5, 0.6) is 0 Å². The highest BCUT2D eigenvalue weighted by atomic mass is 32.2. The van der Waals surface area contributed by atoms with Gasteiger partial charge in [0.15, 0.2) is 11.5 Å². The molecule has 1 aliphatic rings. The summed E-state index contributed by atoms with van der Waals surface area (Å²) >= 11 is 1.56. The van der Waals surface area contributed by atoms with Gasteiger partial charge in [0.05, 0.1) is 0 Å². The molecule has 7 nitrogen and oxygen atoms in total. The molecular weight excluding hydrogens is 338 g/mol. The second kappa shape index (κ2) is 6.69. The highest BCUT2D eigenvalue weighted by Gasteiger charge is 2.25. The average Bonchev–Trinajstić information content (AvgIpc) is 3.21. The van der Waals surface area contributed by atoms with Crippen LogP contribution in [0.15, 0.2) is 65.8 Å². The fourth-order valence-electron chi connectivity index (χ4n) is 2.55. The van der Waals surface area contributed by atoms with Gasteiger partial charge in [-0.05, 0) is 11.6 Å². The Morgan fingerprint density at radius 2 is 2.00 bits per heavy atom. The Kier molecular flexibility index (Phi) is 4.24. The van der Waals surface area contributed by atoms with Crippen molar-refractivity contribution in [3.63, 3.8) is 0 Å². The predicted octanol–water partition coefficient (Wildman–Crippen LogP) is 2.04. The van der Waals surface area contributed by atoms with Crippen LogP contribution in [0.3, 0.4) is 0 Å². The number of quaternary nitrogens is 1. The highest BCUT2D eigenvalue weighted by molar-refractivity contribution is 8.00. The fourth-order valence-corrected chi connectivity index (χ4v) is 3.43. The number of fused-ring (bicyclic) bond motifs is 1. The van der Waals surface area contributed by atoms with Crippen molar-refractivity contribution in [2.75, 3.05) is 5.43 Å². The Morgan fingerprint density at radius 3 is 2.80 bits per heavy atom. The third kappa shape index (κ3) is 3.28. The molecule has 2 atom stereocenters. The number of benzene rings is 2. The maximum absolute atomic E-state index is 11.2. The van der Waals surface area contributed by atoms with Crippen LogP contribution in [0.4, 0.5) is 5.69 Å². The zero-order valence-electron chi connectivity index (χ0n) is 13.0. The van der Waals surface area contributed by atoms with E-state index < -0.39 is 5.23 Å². The Labute approximate surface area is 148 Å². The quantitative estimate of drug-likeness (QED) is 0.622. The van der Waals surface area contributed by atoms with E-state index in [1.54, 1.807) is 34.6 Å². The SMILES string of the molecule is [O-][NH+](O)c1cccc(-c2nnc3n2NC(C=Cc2ccccc2)S3)c1. The van der Waals surface area contributed by atoms with Crippen molar-refractivity contribution in [3.8, 4) is 11.4 Å². The van der Waals surface area contributed by atoms with Crippen LogP contribution in [-0.2, 0) is 0 Å². The second-order valence-electron chi connectivity index (χ2n) is 5.46. The van der Waals surface area contributed by atoms with E-state index in [1.807, 2.05) is 36.4 Å². The molecule has 2 unspecified atom stereocenters. The number of nitrogens with zero attached hydrogens (tertiary/aromatic N) is 3. The van der Waals surface area contributed by atoms with Crippen LogP contribution in [0.25, 0.3) is 17.5 Å². The molecule has 1 aromatic heterocycles. The van der Waals surface area contributed by atoms with Crippen molar-refractivity contribution in [1.29, 1.82) is 0 Å². The van der Waals surface area contributed by atoms with Crippen molar-refractivity contribution < 1.29 is 10.4 Å². The zero-order chi connectivity index (χ0) is 17.2. The molecule has 3 aromatic rings. The molecule has 0 aliphatic carbocycles. The van der Waals surface area contributed by atoms with E-state index in [2.05, 4.69) is 27.8 Å². The molecule has 2 heterocycles. The van der Waals surface area contributed by atoms with Crippen molar-refractivity contribution >= 4 is 23.5 Å². The standard InChI is InChI=1S/C17H15N5O2S/c23-22(24)14-8-4-7-13(11-14)16-18-19-17-21(16)20-15(25-17)10-9-12-5-2-1-3-6-12/h1-11,15,20,22-23H. The third-order valence-corrected chi connectivity index (χ3v) is 4.74. The van der Waals surface area contributed by atoms with Crippen molar-refractivity contribution in [2.24, 2.45) is 0 Å². The van der Waals surface area contributed by atoms with Gasteiger partial charge in [-0.3, -0.25) is 0 Å². The van der Waals surface area contributed by atoms with E-state index in [1.165, 1.54) is 0 Å². The second-order valence-corrected chi connectivity index (χ2v) is 6.57. The molecule has 3 N–H and O–H groups in total. The van der Waals surface area contributed by atoms with Gasteiger partial charge in [-0.25, -0.2) is 9.88 Å². The Morgan fingerprint density at radius 1 is 1.16 bits per heavy atom. The minimum Gasteiger partial charge on any atom is -0.595 e. The molecule has 0 bridgehead atoms. The summed E-state index contributed by atoms with van der Waals surface area (Å²) in [4.78, 5) is 0. The lowest BCUT2D eigenvalue weighted by atomic mass is 10.2. The zero-order valence-corrected chi connectivity index (χ0v) is 13.9. The summed E-state index contributed by atoms with van der Waals surface area (Å²) in [5, 5.41) is 28.5. The molecule has 4 rings (SSSR count). The van der Waals surface area contributed by atoms with Gasteiger partial charge in [-0.2, -0.15) is 5.23 Å². The van der Waals surface area contributed by atoms with E-state index in [-0.39, 0.29) is 11.1 Å². The first-order valence-electron chi connectivity index (χ1n) is 7.66. The van der Waals surface area contributed by atoms with Crippen molar-refractivity contribution in [2.45, 2.75) is 10.5 Å². The average molecular weight is 353 g/mol. The highest BCUT2D eigenvalue weighted by Crippen LogP contribution is 2.32. The van der Waals surface area contributed by atoms with Crippen LogP contribution in [0.1, 0.15) is 5.56 Å². The first kappa shape index (κ1) is 15.9. The summed E-state index contributed by atoms with van der Waals surface area (Å²) in [5.41, 5.74) is 5.38. The van der Waals surface area contributed by atoms with E-state index in [9.17, 15) is 5.21 Å². The fraction of sp³-hybridized carbons (Fsp3) is 0.0588. The smallest absolute Gasteiger partial charge is 0.212 e. The van der Waals surface area contributed by atoms with Crippen LogP contribution in [-0.4, -0.2) is 25.5 Å². The monoisotopic (exact) mass is 353 g/mol. The van der Waals surface area contributed by atoms with Gasteiger partial charge in [0.2, 0.25) is 5.16 Å². The Balaban J connectivity index is 1.56. The molecule has 0 radical (unpaired) electrons. The molecule has 1 aliphatic heterocycles. The molecule has 0 spiro atoms.